The maximum atomic E-state index is 10.1. The SMILES string of the molecule is C=C1/C(=C\C=C(C)C)C[C@H]2OCC=C2[C@@H]1O. The van der Waals surface area contributed by atoms with Gasteiger partial charge in [0.05, 0.1) is 12.7 Å². The van der Waals surface area contributed by atoms with Crippen molar-refractivity contribution in [2.75, 3.05) is 6.61 Å². The van der Waals surface area contributed by atoms with Gasteiger partial charge in [-0.3, -0.25) is 0 Å². The molecule has 86 valence electrons. The average Bonchev–Trinajstić information content (AvgIpc) is 2.69. The second-order valence-electron chi connectivity index (χ2n) is 4.59. The molecule has 0 radical (unpaired) electrons. The number of hydrogen-bond donors (Lipinski definition) is 1. The minimum absolute atomic E-state index is 0.0531. The molecule has 2 nitrogen and oxygen atoms in total. The lowest BCUT2D eigenvalue weighted by Gasteiger charge is -2.29. The van der Waals surface area contributed by atoms with Gasteiger partial charge in [-0.1, -0.05) is 30.4 Å². The smallest absolute Gasteiger partial charge is 0.102 e. The first kappa shape index (κ1) is 11.4. The molecule has 1 aliphatic heterocycles. The van der Waals surface area contributed by atoms with E-state index in [4.69, 9.17) is 4.74 Å². The molecular weight excluding hydrogens is 200 g/mol. The van der Waals surface area contributed by atoms with Crippen LogP contribution in [0.5, 0.6) is 0 Å². The minimum Gasteiger partial charge on any atom is -0.384 e. The lowest BCUT2D eigenvalue weighted by Crippen LogP contribution is -2.29. The molecule has 0 aromatic carbocycles. The van der Waals surface area contributed by atoms with Crippen LogP contribution < -0.4 is 0 Å². The van der Waals surface area contributed by atoms with E-state index >= 15 is 0 Å². The third-order valence-electron chi connectivity index (χ3n) is 3.07. The summed E-state index contributed by atoms with van der Waals surface area (Å²) in [7, 11) is 0. The highest BCUT2D eigenvalue weighted by Gasteiger charge is 2.34. The van der Waals surface area contributed by atoms with Crippen LogP contribution in [-0.4, -0.2) is 23.9 Å². The predicted octanol–water partition coefficient (Wildman–Crippen LogP) is 2.53. The summed E-state index contributed by atoms with van der Waals surface area (Å²) in [6, 6.07) is 0. The average molecular weight is 218 g/mol. The van der Waals surface area contributed by atoms with E-state index in [2.05, 4.69) is 26.5 Å². The van der Waals surface area contributed by atoms with Crippen LogP contribution in [0.4, 0.5) is 0 Å². The van der Waals surface area contributed by atoms with Gasteiger partial charge in [0.1, 0.15) is 6.10 Å². The van der Waals surface area contributed by atoms with E-state index in [1.165, 1.54) is 5.57 Å². The molecule has 16 heavy (non-hydrogen) atoms. The molecule has 0 aromatic rings. The number of aliphatic hydroxyl groups excluding tert-OH is 1. The summed E-state index contributed by atoms with van der Waals surface area (Å²) in [6.07, 6.45) is 6.38. The van der Waals surface area contributed by atoms with Gasteiger partial charge in [0.15, 0.2) is 0 Å². The summed E-state index contributed by atoms with van der Waals surface area (Å²) in [5.41, 5.74) is 4.13. The Labute approximate surface area is 96.6 Å². The highest BCUT2D eigenvalue weighted by atomic mass is 16.5. The molecule has 0 saturated heterocycles. The summed E-state index contributed by atoms with van der Waals surface area (Å²) in [5, 5.41) is 10.1. The maximum Gasteiger partial charge on any atom is 0.102 e. The van der Waals surface area contributed by atoms with Gasteiger partial charge in [-0.05, 0) is 30.6 Å². The van der Waals surface area contributed by atoms with E-state index in [-0.39, 0.29) is 6.10 Å². The Morgan fingerprint density at radius 3 is 3.00 bits per heavy atom. The standard InChI is InChI=1S/C14H18O2/c1-9(2)4-5-11-8-13-12(6-7-16-13)14(15)10(11)3/h4-6,13-15H,3,7-8H2,1-2H3/b11-5-/t13-,14-/m1/s1. The summed E-state index contributed by atoms with van der Waals surface area (Å²) >= 11 is 0. The second-order valence-corrected chi connectivity index (χ2v) is 4.59. The van der Waals surface area contributed by atoms with E-state index in [1.54, 1.807) is 0 Å². The number of ether oxygens (including phenoxy) is 1. The Kier molecular flexibility index (Phi) is 3.13. The van der Waals surface area contributed by atoms with Crippen molar-refractivity contribution < 1.29 is 9.84 Å². The zero-order valence-electron chi connectivity index (χ0n) is 9.86. The van der Waals surface area contributed by atoms with Crippen LogP contribution in [0.15, 0.2) is 47.1 Å². The molecule has 2 atom stereocenters. The number of fused-ring (bicyclic) bond motifs is 1. The first-order valence-electron chi connectivity index (χ1n) is 5.62. The van der Waals surface area contributed by atoms with Crippen molar-refractivity contribution in [2.24, 2.45) is 0 Å². The number of aliphatic hydroxyl groups is 1. The molecular formula is C14H18O2. The first-order chi connectivity index (χ1) is 7.59. The van der Waals surface area contributed by atoms with E-state index in [0.29, 0.717) is 6.61 Å². The fourth-order valence-electron chi connectivity index (χ4n) is 2.10. The normalized spacial score (nSPS) is 31.3. The molecule has 1 fully saturated rings. The third kappa shape index (κ3) is 2.04. The fraction of sp³-hybridized carbons (Fsp3) is 0.429. The molecule has 0 amide bonds. The van der Waals surface area contributed by atoms with Crippen LogP contribution in [0.3, 0.4) is 0 Å². The van der Waals surface area contributed by atoms with E-state index in [1.807, 2.05) is 12.2 Å². The molecule has 2 aliphatic rings. The Balaban J connectivity index is 2.24. The molecule has 1 saturated carbocycles. The summed E-state index contributed by atoms with van der Waals surface area (Å²) in [4.78, 5) is 0. The molecule has 0 bridgehead atoms. The van der Waals surface area contributed by atoms with Gasteiger partial charge in [0.25, 0.3) is 0 Å². The molecule has 1 N–H and O–H groups in total. The molecule has 0 unspecified atom stereocenters. The lowest BCUT2D eigenvalue weighted by molar-refractivity contribution is 0.0979. The van der Waals surface area contributed by atoms with Crippen molar-refractivity contribution >= 4 is 0 Å². The number of hydrogen-bond acceptors (Lipinski definition) is 2. The van der Waals surface area contributed by atoms with Crippen molar-refractivity contribution in [1.29, 1.82) is 0 Å². The van der Waals surface area contributed by atoms with Gasteiger partial charge in [-0.25, -0.2) is 0 Å². The monoisotopic (exact) mass is 218 g/mol. The summed E-state index contributed by atoms with van der Waals surface area (Å²) in [6.45, 7) is 8.69. The minimum atomic E-state index is -0.557. The largest absolute Gasteiger partial charge is 0.384 e. The molecule has 1 aliphatic carbocycles. The van der Waals surface area contributed by atoms with Gasteiger partial charge < -0.3 is 9.84 Å². The highest BCUT2D eigenvalue weighted by molar-refractivity contribution is 5.46. The summed E-state index contributed by atoms with van der Waals surface area (Å²) in [5.74, 6) is 0. The summed E-state index contributed by atoms with van der Waals surface area (Å²) < 4.78 is 5.56. The lowest BCUT2D eigenvalue weighted by atomic mass is 9.82. The topological polar surface area (TPSA) is 29.5 Å². The van der Waals surface area contributed by atoms with Crippen molar-refractivity contribution in [2.45, 2.75) is 32.5 Å². The van der Waals surface area contributed by atoms with Gasteiger partial charge in [0, 0.05) is 6.42 Å². The maximum absolute atomic E-state index is 10.1. The van der Waals surface area contributed by atoms with Gasteiger partial charge in [0.2, 0.25) is 0 Å². The van der Waals surface area contributed by atoms with E-state index in [0.717, 1.165) is 23.1 Å². The highest BCUT2D eigenvalue weighted by Crippen LogP contribution is 2.36. The van der Waals surface area contributed by atoms with E-state index < -0.39 is 6.10 Å². The van der Waals surface area contributed by atoms with Gasteiger partial charge in [-0.15, -0.1) is 0 Å². The van der Waals surface area contributed by atoms with Crippen LogP contribution >= 0.6 is 0 Å². The van der Waals surface area contributed by atoms with Crippen molar-refractivity contribution in [3.8, 4) is 0 Å². The Hall–Kier alpha value is -1.12. The number of rotatable bonds is 1. The molecule has 1 heterocycles. The molecule has 2 rings (SSSR count). The molecule has 2 heteroatoms. The Morgan fingerprint density at radius 2 is 2.31 bits per heavy atom. The quantitative estimate of drug-likeness (QED) is 0.685. The van der Waals surface area contributed by atoms with Gasteiger partial charge >= 0.3 is 0 Å². The van der Waals surface area contributed by atoms with Crippen LogP contribution in [-0.2, 0) is 4.74 Å². The van der Waals surface area contributed by atoms with Crippen molar-refractivity contribution in [3.05, 3.63) is 47.1 Å². The van der Waals surface area contributed by atoms with Gasteiger partial charge in [-0.2, -0.15) is 0 Å². The predicted molar refractivity (Wildman–Crippen MR) is 65.1 cm³/mol. The van der Waals surface area contributed by atoms with Crippen LogP contribution in [0.1, 0.15) is 20.3 Å². The zero-order valence-corrected chi connectivity index (χ0v) is 9.86. The second kappa shape index (κ2) is 4.40. The van der Waals surface area contributed by atoms with E-state index in [9.17, 15) is 5.11 Å². The third-order valence-corrected chi connectivity index (χ3v) is 3.07. The van der Waals surface area contributed by atoms with Crippen molar-refractivity contribution in [3.63, 3.8) is 0 Å². The van der Waals surface area contributed by atoms with Crippen LogP contribution in [0.2, 0.25) is 0 Å². The van der Waals surface area contributed by atoms with Crippen molar-refractivity contribution in [1.82, 2.24) is 0 Å². The molecule has 0 aromatic heterocycles. The van der Waals surface area contributed by atoms with Crippen LogP contribution in [0, 0.1) is 0 Å². The zero-order chi connectivity index (χ0) is 11.7. The Morgan fingerprint density at radius 1 is 1.56 bits per heavy atom. The van der Waals surface area contributed by atoms with Crippen LogP contribution in [0.25, 0.3) is 0 Å². The number of allylic oxidation sites excluding steroid dienone is 3. The fourth-order valence-corrected chi connectivity index (χ4v) is 2.10. The molecule has 0 spiro atoms. The first-order valence-corrected chi connectivity index (χ1v) is 5.62. The Bertz CT molecular complexity index is 395.